The second-order valence-electron chi connectivity index (χ2n) is 14.9. The van der Waals surface area contributed by atoms with E-state index in [1.807, 2.05) is 0 Å². The molecule has 10 aromatic rings. The molecule has 1 unspecified atom stereocenters. The first-order valence-corrected chi connectivity index (χ1v) is 20.0. The molecular formula is C57H41N. The summed E-state index contributed by atoms with van der Waals surface area (Å²) in [5.41, 5.74) is 14.5. The standard InChI is InChI=1S/C57H41N/c1-3-13-41(14-4-1)43-25-29-49(30-26-43)57(55-23-11-19-47-17-7-9-21-53(47)55)50-31-27-44(28-32-50)46-35-39-52(40-36-46)58(56-24-12-20-48-18-8-10-22-54(48)56)51-37-33-45(34-38-51)42-15-5-2-6-16-42/h1-40,57H. The highest BCUT2D eigenvalue weighted by atomic mass is 15.1. The van der Waals surface area contributed by atoms with Crippen LogP contribution in [0.1, 0.15) is 22.6 Å². The van der Waals surface area contributed by atoms with Crippen molar-refractivity contribution >= 4 is 38.6 Å². The molecule has 1 nitrogen and oxygen atoms in total. The fraction of sp³-hybridized carbons (Fsp3) is 0.0175. The molecule has 0 spiro atoms. The van der Waals surface area contributed by atoms with Crippen molar-refractivity contribution in [2.75, 3.05) is 4.90 Å². The Morgan fingerprint density at radius 2 is 0.621 bits per heavy atom. The SMILES string of the molecule is c1ccc(-c2ccc(C(c3ccc(-c4ccc(N(c5ccc(-c6ccccc6)cc5)c5cccc6ccccc56)cc4)cc3)c3cccc4ccccc34)cc2)cc1. The molecule has 0 heterocycles. The van der Waals surface area contributed by atoms with E-state index in [0.29, 0.717) is 0 Å². The molecule has 0 fully saturated rings. The van der Waals surface area contributed by atoms with Crippen LogP contribution >= 0.6 is 0 Å². The van der Waals surface area contributed by atoms with Crippen LogP contribution in [0, 0.1) is 0 Å². The summed E-state index contributed by atoms with van der Waals surface area (Å²) in [4.78, 5) is 2.38. The Bertz CT molecular complexity index is 2730. The lowest BCUT2D eigenvalue weighted by molar-refractivity contribution is 0.990. The molecule has 0 radical (unpaired) electrons. The van der Waals surface area contributed by atoms with Crippen LogP contribution in [-0.2, 0) is 0 Å². The number of hydrogen-bond acceptors (Lipinski definition) is 1. The first-order valence-electron chi connectivity index (χ1n) is 20.0. The number of hydrogen-bond donors (Lipinski definition) is 0. The van der Waals surface area contributed by atoms with Crippen molar-refractivity contribution in [1.82, 2.24) is 0 Å². The zero-order chi connectivity index (χ0) is 38.7. The number of fused-ring (bicyclic) bond motifs is 2. The molecule has 0 aliphatic carbocycles. The Hall–Kier alpha value is -7.48. The monoisotopic (exact) mass is 739 g/mol. The summed E-state index contributed by atoms with van der Waals surface area (Å²) >= 11 is 0. The van der Waals surface area contributed by atoms with Gasteiger partial charge in [-0.1, -0.05) is 212 Å². The van der Waals surface area contributed by atoms with Crippen molar-refractivity contribution in [1.29, 1.82) is 0 Å². The smallest absolute Gasteiger partial charge is 0.0540 e. The van der Waals surface area contributed by atoms with Crippen LogP contribution in [0.5, 0.6) is 0 Å². The molecule has 0 N–H and O–H groups in total. The molecule has 0 amide bonds. The predicted molar refractivity (Wildman–Crippen MR) is 246 cm³/mol. The molecule has 0 saturated heterocycles. The van der Waals surface area contributed by atoms with Gasteiger partial charge in [-0.2, -0.15) is 0 Å². The molecule has 274 valence electrons. The third-order valence-electron chi connectivity index (χ3n) is 11.4. The number of benzene rings is 10. The molecule has 58 heavy (non-hydrogen) atoms. The van der Waals surface area contributed by atoms with Crippen molar-refractivity contribution in [2.45, 2.75) is 5.92 Å². The summed E-state index contributed by atoms with van der Waals surface area (Å²) in [6, 6.07) is 88.1. The Morgan fingerprint density at radius 1 is 0.259 bits per heavy atom. The zero-order valence-electron chi connectivity index (χ0n) is 32.1. The first-order chi connectivity index (χ1) is 28.8. The maximum absolute atomic E-state index is 2.38. The topological polar surface area (TPSA) is 3.24 Å². The maximum Gasteiger partial charge on any atom is 0.0540 e. The Morgan fingerprint density at radius 3 is 1.12 bits per heavy atom. The van der Waals surface area contributed by atoms with Crippen LogP contribution < -0.4 is 4.90 Å². The predicted octanol–water partition coefficient (Wildman–Crippen LogP) is 15.6. The van der Waals surface area contributed by atoms with Crippen LogP contribution in [-0.4, -0.2) is 0 Å². The van der Waals surface area contributed by atoms with E-state index in [1.54, 1.807) is 0 Å². The van der Waals surface area contributed by atoms with Gasteiger partial charge in [0.1, 0.15) is 0 Å². The van der Waals surface area contributed by atoms with E-state index in [0.717, 1.165) is 17.1 Å². The van der Waals surface area contributed by atoms with Gasteiger partial charge in [0.15, 0.2) is 0 Å². The minimum absolute atomic E-state index is 0.0786. The fourth-order valence-electron chi connectivity index (χ4n) is 8.49. The van der Waals surface area contributed by atoms with Crippen molar-refractivity contribution in [2.24, 2.45) is 0 Å². The highest BCUT2D eigenvalue weighted by Crippen LogP contribution is 2.41. The molecule has 10 aromatic carbocycles. The summed E-state index contributed by atoms with van der Waals surface area (Å²) < 4.78 is 0. The van der Waals surface area contributed by atoms with Gasteiger partial charge < -0.3 is 4.90 Å². The van der Waals surface area contributed by atoms with Crippen molar-refractivity contribution < 1.29 is 0 Å². The number of rotatable bonds is 9. The van der Waals surface area contributed by atoms with E-state index in [-0.39, 0.29) is 5.92 Å². The minimum Gasteiger partial charge on any atom is -0.310 e. The lowest BCUT2D eigenvalue weighted by atomic mass is 9.82. The van der Waals surface area contributed by atoms with Crippen molar-refractivity contribution in [3.05, 3.63) is 259 Å². The fourth-order valence-corrected chi connectivity index (χ4v) is 8.49. The Kier molecular flexibility index (Phi) is 9.39. The van der Waals surface area contributed by atoms with E-state index in [9.17, 15) is 0 Å². The van der Waals surface area contributed by atoms with Crippen LogP contribution in [0.25, 0.3) is 54.9 Å². The molecule has 0 bridgehead atoms. The van der Waals surface area contributed by atoms with E-state index in [4.69, 9.17) is 0 Å². The Balaban J connectivity index is 1.00. The summed E-state index contributed by atoms with van der Waals surface area (Å²) in [7, 11) is 0. The molecule has 10 rings (SSSR count). The van der Waals surface area contributed by atoms with Crippen LogP contribution in [0.2, 0.25) is 0 Å². The average Bonchev–Trinajstić information content (AvgIpc) is 3.31. The van der Waals surface area contributed by atoms with Gasteiger partial charge in [-0.3, -0.25) is 0 Å². The second kappa shape index (κ2) is 15.6. The number of nitrogens with zero attached hydrogens (tertiary/aromatic N) is 1. The van der Waals surface area contributed by atoms with Crippen molar-refractivity contribution in [3.63, 3.8) is 0 Å². The molecule has 0 aromatic heterocycles. The van der Waals surface area contributed by atoms with E-state index in [2.05, 4.69) is 248 Å². The summed E-state index contributed by atoms with van der Waals surface area (Å²) in [6.07, 6.45) is 0. The zero-order valence-corrected chi connectivity index (χ0v) is 32.1. The summed E-state index contributed by atoms with van der Waals surface area (Å²) in [5.74, 6) is 0.0786. The van der Waals surface area contributed by atoms with E-state index < -0.39 is 0 Å². The summed E-state index contributed by atoms with van der Waals surface area (Å²) in [5, 5.41) is 4.98. The van der Waals surface area contributed by atoms with Gasteiger partial charge in [0.25, 0.3) is 0 Å². The van der Waals surface area contributed by atoms with Gasteiger partial charge in [0.2, 0.25) is 0 Å². The molecule has 0 saturated carbocycles. The van der Waals surface area contributed by atoms with Gasteiger partial charge in [0, 0.05) is 22.7 Å². The van der Waals surface area contributed by atoms with Crippen LogP contribution in [0.3, 0.4) is 0 Å². The highest BCUT2D eigenvalue weighted by molar-refractivity contribution is 5.99. The minimum atomic E-state index is 0.0786. The average molecular weight is 740 g/mol. The van der Waals surface area contributed by atoms with Crippen molar-refractivity contribution in [3.8, 4) is 33.4 Å². The van der Waals surface area contributed by atoms with Gasteiger partial charge in [0.05, 0.1) is 5.69 Å². The van der Waals surface area contributed by atoms with E-state index in [1.165, 1.54) is 71.6 Å². The lowest BCUT2D eigenvalue weighted by Gasteiger charge is -2.27. The maximum atomic E-state index is 2.38. The molecule has 1 atom stereocenters. The lowest BCUT2D eigenvalue weighted by Crippen LogP contribution is -2.10. The molecule has 0 aliphatic heterocycles. The molecule has 0 aliphatic rings. The third kappa shape index (κ3) is 6.84. The molecular weight excluding hydrogens is 699 g/mol. The van der Waals surface area contributed by atoms with Crippen LogP contribution in [0.15, 0.2) is 243 Å². The van der Waals surface area contributed by atoms with Gasteiger partial charge in [-0.05, 0) is 96.6 Å². The third-order valence-corrected chi connectivity index (χ3v) is 11.4. The first kappa shape index (κ1) is 35.0. The normalized spacial score (nSPS) is 11.7. The van der Waals surface area contributed by atoms with Gasteiger partial charge in [-0.15, -0.1) is 0 Å². The molecule has 1 heteroatoms. The number of anilines is 3. The Labute approximate surface area is 340 Å². The van der Waals surface area contributed by atoms with E-state index >= 15 is 0 Å². The van der Waals surface area contributed by atoms with Gasteiger partial charge in [-0.25, -0.2) is 0 Å². The quantitative estimate of drug-likeness (QED) is 0.133. The summed E-state index contributed by atoms with van der Waals surface area (Å²) in [6.45, 7) is 0. The van der Waals surface area contributed by atoms with Gasteiger partial charge >= 0.3 is 0 Å². The highest BCUT2D eigenvalue weighted by Gasteiger charge is 2.20. The van der Waals surface area contributed by atoms with Crippen LogP contribution in [0.4, 0.5) is 17.1 Å². The second-order valence-corrected chi connectivity index (χ2v) is 14.9. The largest absolute Gasteiger partial charge is 0.310 e.